The molecule has 0 unspecified atom stereocenters. The number of amides is 2. The first-order valence-corrected chi connectivity index (χ1v) is 8.37. The molecule has 0 saturated carbocycles. The zero-order valence-electron chi connectivity index (χ0n) is 15.3. The third kappa shape index (κ3) is 5.85. The van der Waals surface area contributed by atoms with Crippen molar-refractivity contribution in [1.82, 2.24) is 0 Å². The Kier molecular flexibility index (Phi) is 6.93. The SMILES string of the molecule is COc1ccc(N(CCC(N)=O)C(=O)COc2ccc(C(C)=O)cc2)cc1. The number of hydrogen-bond donors (Lipinski definition) is 1. The molecule has 0 aliphatic carbocycles. The van der Waals surface area contributed by atoms with Crippen LogP contribution in [0.25, 0.3) is 0 Å². The standard InChI is InChI=1S/C20H22N2O5/c1-14(23)15-3-7-18(8-4-15)27-13-20(25)22(12-11-19(21)24)16-5-9-17(26-2)10-6-16/h3-10H,11-13H2,1-2H3,(H2,21,24). The zero-order chi connectivity index (χ0) is 19.8. The first-order chi connectivity index (χ1) is 12.9. The monoisotopic (exact) mass is 370 g/mol. The number of carbonyl (C=O) groups excluding carboxylic acids is 3. The van der Waals surface area contributed by atoms with Crippen LogP contribution < -0.4 is 20.1 Å². The highest BCUT2D eigenvalue weighted by molar-refractivity contribution is 5.95. The van der Waals surface area contributed by atoms with Crippen molar-refractivity contribution >= 4 is 23.3 Å². The van der Waals surface area contributed by atoms with Crippen LogP contribution in [0.1, 0.15) is 23.7 Å². The fraction of sp³-hybridized carbons (Fsp3) is 0.250. The summed E-state index contributed by atoms with van der Waals surface area (Å²) in [7, 11) is 1.55. The van der Waals surface area contributed by atoms with E-state index in [1.165, 1.54) is 11.8 Å². The number of anilines is 1. The fourth-order valence-electron chi connectivity index (χ4n) is 2.39. The van der Waals surface area contributed by atoms with Crippen molar-refractivity contribution in [1.29, 1.82) is 0 Å². The molecule has 0 saturated heterocycles. The van der Waals surface area contributed by atoms with Crippen LogP contribution in [-0.4, -0.2) is 37.9 Å². The van der Waals surface area contributed by atoms with Crippen molar-refractivity contribution in [2.24, 2.45) is 5.73 Å². The Labute approximate surface area is 157 Å². The van der Waals surface area contributed by atoms with Gasteiger partial charge in [-0.1, -0.05) is 0 Å². The van der Waals surface area contributed by atoms with E-state index in [0.717, 1.165) is 0 Å². The lowest BCUT2D eigenvalue weighted by Crippen LogP contribution is -2.37. The summed E-state index contributed by atoms with van der Waals surface area (Å²) in [6, 6.07) is 13.4. The van der Waals surface area contributed by atoms with Crippen molar-refractivity contribution in [3.05, 3.63) is 54.1 Å². The van der Waals surface area contributed by atoms with Crippen LogP contribution in [0.5, 0.6) is 11.5 Å². The molecular weight excluding hydrogens is 348 g/mol. The molecule has 27 heavy (non-hydrogen) atoms. The summed E-state index contributed by atoms with van der Waals surface area (Å²) in [6.45, 7) is 1.40. The molecular formula is C20H22N2O5. The predicted octanol–water partition coefficient (Wildman–Crippen LogP) is 2.19. The first-order valence-electron chi connectivity index (χ1n) is 8.37. The maximum Gasteiger partial charge on any atom is 0.264 e. The van der Waals surface area contributed by atoms with Crippen LogP contribution in [-0.2, 0) is 9.59 Å². The molecule has 0 heterocycles. The van der Waals surface area contributed by atoms with E-state index in [4.69, 9.17) is 15.2 Å². The molecule has 2 N–H and O–H groups in total. The van der Waals surface area contributed by atoms with Gasteiger partial charge in [-0.25, -0.2) is 0 Å². The Balaban J connectivity index is 2.07. The number of hydrogen-bond acceptors (Lipinski definition) is 5. The van der Waals surface area contributed by atoms with Gasteiger partial charge in [0.25, 0.3) is 5.91 Å². The molecule has 0 aliphatic heterocycles. The first kappa shape index (κ1) is 20.0. The maximum absolute atomic E-state index is 12.6. The molecule has 142 valence electrons. The molecule has 0 radical (unpaired) electrons. The second-order valence-electron chi connectivity index (χ2n) is 5.83. The van der Waals surface area contributed by atoms with Crippen LogP contribution >= 0.6 is 0 Å². The summed E-state index contributed by atoms with van der Waals surface area (Å²) in [6.07, 6.45) is 0.0328. The summed E-state index contributed by atoms with van der Waals surface area (Å²) in [5.41, 5.74) is 6.39. The second kappa shape index (κ2) is 9.38. The van der Waals surface area contributed by atoms with Gasteiger partial charge >= 0.3 is 0 Å². The van der Waals surface area contributed by atoms with E-state index in [2.05, 4.69) is 0 Å². The van der Waals surface area contributed by atoms with Gasteiger partial charge in [-0.2, -0.15) is 0 Å². The Morgan fingerprint density at radius 1 is 0.963 bits per heavy atom. The van der Waals surface area contributed by atoms with E-state index in [1.807, 2.05) is 0 Å². The third-order valence-corrected chi connectivity index (χ3v) is 3.89. The van der Waals surface area contributed by atoms with Gasteiger partial charge in [-0.05, 0) is 55.5 Å². The normalized spacial score (nSPS) is 10.1. The number of methoxy groups -OCH3 is 1. The number of carbonyl (C=O) groups is 3. The average Bonchev–Trinajstić information content (AvgIpc) is 2.67. The molecule has 2 aromatic rings. The van der Waals surface area contributed by atoms with E-state index in [0.29, 0.717) is 22.7 Å². The lowest BCUT2D eigenvalue weighted by molar-refractivity contribution is -0.120. The summed E-state index contributed by atoms with van der Waals surface area (Å²) in [5.74, 6) is 0.259. The van der Waals surface area contributed by atoms with Crippen molar-refractivity contribution in [3.63, 3.8) is 0 Å². The summed E-state index contributed by atoms with van der Waals surface area (Å²) >= 11 is 0. The summed E-state index contributed by atoms with van der Waals surface area (Å²) in [4.78, 5) is 36.5. The van der Waals surface area contributed by atoms with Crippen LogP contribution in [0, 0.1) is 0 Å². The van der Waals surface area contributed by atoms with Gasteiger partial charge in [0.1, 0.15) is 11.5 Å². The minimum Gasteiger partial charge on any atom is -0.497 e. The van der Waals surface area contributed by atoms with Gasteiger partial charge < -0.3 is 20.1 Å². The molecule has 0 fully saturated rings. The molecule has 7 nitrogen and oxygen atoms in total. The van der Waals surface area contributed by atoms with Crippen molar-refractivity contribution < 1.29 is 23.9 Å². The van der Waals surface area contributed by atoms with Crippen molar-refractivity contribution in [2.75, 3.05) is 25.2 Å². The van der Waals surface area contributed by atoms with Crippen LogP contribution in [0.15, 0.2) is 48.5 Å². The van der Waals surface area contributed by atoms with Gasteiger partial charge in [0.15, 0.2) is 12.4 Å². The van der Waals surface area contributed by atoms with E-state index in [9.17, 15) is 14.4 Å². The molecule has 7 heteroatoms. The van der Waals surface area contributed by atoms with E-state index in [-0.39, 0.29) is 31.3 Å². The van der Waals surface area contributed by atoms with Crippen LogP contribution in [0.4, 0.5) is 5.69 Å². The number of ketones is 1. The summed E-state index contributed by atoms with van der Waals surface area (Å²) in [5, 5.41) is 0. The second-order valence-corrected chi connectivity index (χ2v) is 5.83. The van der Waals surface area contributed by atoms with Gasteiger partial charge in [0.2, 0.25) is 5.91 Å². The highest BCUT2D eigenvalue weighted by Crippen LogP contribution is 2.20. The third-order valence-electron chi connectivity index (χ3n) is 3.89. The van der Waals surface area contributed by atoms with Gasteiger partial charge in [0, 0.05) is 24.2 Å². The number of primary amides is 1. The number of nitrogens with two attached hydrogens (primary N) is 1. The van der Waals surface area contributed by atoms with Crippen LogP contribution in [0.2, 0.25) is 0 Å². The molecule has 0 atom stereocenters. The fourth-order valence-corrected chi connectivity index (χ4v) is 2.39. The number of ether oxygens (including phenoxy) is 2. The predicted molar refractivity (Wildman–Crippen MR) is 101 cm³/mol. The molecule has 0 aromatic heterocycles. The Morgan fingerprint density at radius 3 is 2.07 bits per heavy atom. The molecule has 0 aliphatic rings. The number of nitrogens with zero attached hydrogens (tertiary/aromatic N) is 1. The Hall–Kier alpha value is -3.35. The lowest BCUT2D eigenvalue weighted by Gasteiger charge is -2.22. The zero-order valence-corrected chi connectivity index (χ0v) is 15.3. The van der Waals surface area contributed by atoms with Gasteiger partial charge in [0.05, 0.1) is 7.11 Å². The summed E-state index contributed by atoms with van der Waals surface area (Å²) < 4.78 is 10.6. The quantitative estimate of drug-likeness (QED) is 0.682. The number of rotatable bonds is 9. The van der Waals surface area contributed by atoms with Crippen molar-refractivity contribution in [3.8, 4) is 11.5 Å². The smallest absolute Gasteiger partial charge is 0.264 e. The van der Waals surface area contributed by atoms with E-state index < -0.39 is 5.91 Å². The Bertz CT molecular complexity index is 800. The molecule has 2 aromatic carbocycles. The lowest BCUT2D eigenvalue weighted by atomic mass is 10.1. The molecule has 0 spiro atoms. The molecule has 2 rings (SSSR count). The van der Waals surface area contributed by atoms with E-state index >= 15 is 0 Å². The average molecular weight is 370 g/mol. The molecule has 2 amide bonds. The van der Waals surface area contributed by atoms with Crippen molar-refractivity contribution in [2.45, 2.75) is 13.3 Å². The highest BCUT2D eigenvalue weighted by Gasteiger charge is 2.17. The van der Waals surface area contributed by atoms with E-state index in [1.54, 1.807) is 55.6 Å². The topological polar surface area (TPSA) is 98.9 Å². The largest absolute Gasteiger partial charge is 0.497 e. The highest BCUT2D eigenvalue weighted by atomic mass is 16.5. The minimum atomic E-state index is -0.498. The molecule has 0 bridgehead atoms. The van der Waals surface area contributed by atoms with Gasteiger partial charge in [-0.3, -0.25) is 14.4 Å². The van der Waals surface area contributed by atoms with Gasteiger partial charge in [-0.15, -0.1) is 0 Å². The number of Topliss-reactive ketones (excluding diaryl/α,β-unsaturated/α-hetero) is 1. The minimum absolute atomic E-state index is 0.0328. The van der Waals surface area contributed by atoms with Crippen LogP contribution in [0.3, 0.4) is 0 Å². The number of benzene rings is 2. The Morgan fingerprint density at radius 2 is 1.56 bits per heavy atom. The maximum atomic E-state index is 12.6.